The zero-order chi connectivity index (χ0) is 23.9. The van der Waals surface area contributed by atoms with Crippen LogP contribution in [0.15, 0.2) is 72.8 Å². The lowest BCUT2D eigenvalue weighted by atomic mass is 9.98. The van der Waals surface area contributed by atoms with Crippen LogP contribution in [0.1, 0.15) is 49.4 Å². The maximum atomic E-state index is 12.5. The van der Waals surface area contributed by atoms with Gasteiger partial charge in [-0.05, 0) is 86.3 Å². The van der Waals surface area contributed by atoms with Crippen LogP contribution < -0.4 is 14.4 Å². The first-order chi connectivity index (χ1) is 16.5. The molecule has 0 aliphatic heterocycles. The highest BCUT2D eigenvalue weighted by molar-refractivity contribution is 6.06. The van der Waals surface area contributed by atoms with Gasteiger partial charge in [0.2, 0.25) is 5.91 Å². The molecule has 6 nitrogen and oxygen atoms in total. The molecule has 1 aliphatic carbocycles. The quantitative estimate of drug-likeness (QED) is 0.370. The van der Waals surface area contributed by atoms with E-state index in [-0.39, 0.29) is 5.91 Å². The van der Waals surface area contributed by atoms with E-state index in [1.807, 2.05) is 24.3 Å². The Hall–Kier alpha value is -3.80. The van der Waals surface area contributed by atoms with E-state index in [2.05, 4.69) is 0 Å². The normalized spacial score (nSPS) is 13.7. The SMILES string of the molecule is COC(=O)c1ccccc1N(C(C)=O)c1ccc(Oc2ccc(OC3CCCCC3)cc2)cc1. The molecule has 0 spiro atoms. The standard InChI is InChI=1S/C28H29NO5/c1-20(30)29(27-11-7-6-10-26(27)28(31)32-2)21-12-14-23(15-13-21)34-25-18-16-24(17-19-25)33-22-8-4-3-5-9-22/h6-7,10-19,22H,3-5,8-9H2,1-2H3. The first kappa shape index (κ1) is 23.4. The summed E-state index contributed by atoms with van der Waals surface area (Å²) < 4.78 is 16.9. The molecule has 0 N–H and O–H groups in total. The molecular weight excluding hydrogens is 430 g/mol. The summed E-state index contributed by atoms with van der Waals surface area (Å²) in [5.41, 5.74) is 1.40. The largest absolute Gasteiger partial charge is 0.490 e. The molecule has 34 heavy (non-hydrogen) atoms. The van der Waals surface area contributed by atoms with E-state index in [4.69, 9.17) is 14.2 Å². The van der Waals surface area contributed by atoms with Gasteiger partial charge in [0, 0.05) is 12.6 Å². The molecule has 3 aromatic rings. The van der Waals surface area contributed by atoms with Gasteiger partial charge in [0.05, 0.1) is 24.5 Å². The van der Waals surface area contributed by atoms with Crippen molar-refractivity contribution in [2.24, 2.45) is 0 Å². The summed E-state index contributed by atoms with van der Waals surface area (Å²) in [6, 6.07) is 21.6. The Bertz CT molecular complexity index is 1120. The summed E-state index contributed by atoms with van der Waals surface area (Å²) in [6.45, 7) is 1.45. The number of benzene rings is 3. The number of ether oxygens (including phenoxy) is 3. The third kappa shape index (κ3) is 5.57. The number of hydrogen-bond acceptors (Lipinski definition) is 5. The fourth-order valence-corrected chi connectivity index (χ4v) is 4.20. The van der Waals surface area contributed by atoms with Crippen LogP contribution >= 0.6 is 0 Å². The molecule has 1 aliphatic rings. The van der Waals surface area contributed by atoms with Gasteiger partial charge in [-0.1, -0.05) is 18.6 Å². The molecule has 0 saturated heterocycles. The van der Waals surface area contributed by atoms with Crippen LogP contribution in [-0.4, -0.2) is 25.1 Å². The van der Waals surface area contributed by atoms with Gasteiger partial charge in [-0.2, -0.15) is 0 Å². The first-order valence-electron chi connectivity index (χ1n) is 11.6. The monoisotopic (exact) mass is 459 g/mol. The molecule has 176 valence electrons. The van der Waals surface area contributed by atoms with Gasteiger partial charge in [0.25, 0.3) is 0 Å². The average Bonchev–Trinajstić information content (AvgIpc) is 2.87. The molecule has 0 aromatic heterocycles. The summed E-state index contributed by atoms with van der Waals surface area (Å²) in [5.74, 6) is 1.46. The number of hydrogen-bond donors (Lipinski definition) is 0. The van der Waals surface area contributed by atoms with Gasteiger partial charge < -0.3 is 14.2 Å². The zero-order valence-electron chi connectivity index (χ0n) is 19.5. The number of para-hydroxylation sites is 1. The molecule has 6 heteroatoms. The highest BCUT2D eigenvalue weighted by Crippen LogP contribution is 2.32. The summed E-state index contributed by atoms with van der Waals surface area (Å²) in [7, 11) is 1.32. The first-order valence-corrected chi connectivity index (χ1v) is 11.6. The minimum atomic E-state index is -0.502. The average molecular weight is 460 g/mol. The maximum Gasteiger partial charge on any atom is 0.339 e. The Balaban J connectivity index is 1.47. The van der Waals surface area contributed by atoms with E-state index in [0.717, 1.165) is 18.6 Å². The van der Waals surface area contributed by atoms with Gasteiger partial charge in [-0.25, -0.2) is 4.79 Å². The fourth-order valence-electron chi connectivity index (χ4n) is 4.20. The molecule has 3 aromatic carbocycles. The number of amides is 1. The van der Waals surface area contributed by atoms with Crippen molar-refractivity contribution >= 4 is 23.3 Å². The number of esters is 1. The molecule has 0 atom stereocenters. The van der Waals surface area contributed by atoms with Crippen LogP contribution in [0.3, 0.4) is 0 Å². The third-order valence-corrected chi connectivity index (χ3v) is 5.87. The lowest BCUT2D eigenvalue weighted by Gasteiger charge is -2.23. The van der Waals surface area contributed by atoms with E-state index < -0.39 is 5.97 Å². The predicted molar refractivity (Wildman–Crippen MR) is 131 cm³/mol. The summed E-state index contributed by atoms with van der Waals surface area (Å²) >= 11 is 0. The Kier molecular flexibility index (Phi) is 7.48. The van der Waals surface area contributed by atoms with Crippen LogP contribution in [0, 0.1) is 0 Å². The lowest BCUT2D eigenvalue weighted by Crippen LogP contribution is -2.25. The lowest BCUT2D eigenvalue weighted by molar-refractivity contribution is -0.115. The fraction of sp³-hybridized carbons (Fsp3) is 0.286. The Morgan fingerprint density at radius 1 is 0.794 bits per heavy atom. The minimum absolute atomic E-state index is 0.224. The smallest absolute Gasteiger partial charge is 0.339 e. The summed E-state index contributed by atoms with van der Waals surface area (Å²) in [4.78, 5) is 26.2. The zero-order valence-corrected chi connectivity index (χ0v) is 19.5. The van der Waals surface area contributed by atoms with E-state index in [9.17, 15) is 9.59 Å². The highest BCUT2D eigenvalue weighted by atomic mass is 16.5. The summed E-state index contributed by atoms with van der Waals surface area (Å²) in [6.07, 6.45) is 6.31. The summed E-state index contributed by atoms with van der Waals surface area (Å²) in [5, 5.41) is 0. The van der Waals surface area contributed by atoms with E-state index in [1.165, 1.54) is 38.2 Å². The van der Waals surface area contributed by atoms with Crippen molar-refractivity contribution in [1.82, 2.24) is 0 Å². The Morgan fingerprint density at radius 2 is 1.38 bits per heavy atom. The second-order valence-electron chi connectivity index (χ2n) is 8.31. The predicted octanol–water partition coefficient (Wildman–Crippen LogP) is 6.66. The minimum Gasteiger partial charge on any atom is -0.490 e. The van der Waals surface area contributed by atoms with Crippen molar-refractivity contribution in [3.8, 4) is 17.2 Å². The van der Waals surface area contributed by atoms with E-state index in [0.29, 0.717) is 34.5 Å². The van der Waals surface area contributed by atoms with Crippen molar-refractivity contribution in [3.05, 3.63) is 78.4 Å². The maximum absolute atomic E-state index is 12.5. The molecule has 1 amide bonds. The van der Waals surface area contributed by atoms with Crippen LogP contribution in [0.4, 0.5) is 11.4 Å². The molecule has 0 heterocycles. The van der Waals surface area contributed by atoms with Crippen LogP contribution in [-0.2, 0) is 9.53 Å². The molecule has 0 unspecified atom stereocenters. The number of rotatable bonds is 7. The van der Waals surface area contributed by atoms with Crippen LogP contribution in [0.25, 0.3) is 0 Å². The van der Waals surface area contributed by atoms with Crippen molar-refractivity contribution in [2.75, 3.05) is 12.0 Å². The van der Waals surface area contributed by atoms with Gasteiger partial charge in [0.15, 0.2) is 0 Å². The molecule has 1 saturated carbocycles. The Labute approximate surface area is 200 Å². The van der Waals surface area contributed by atoms with E-state index in [1.54, 1.807) is 48.5 Å². The number of anilines is 2. The molecule has 0 bridgehead atoms. The van der Waals surface area contributed by atoms with Gasteiger partial charge >= 0.3 is 5.97 Å². The van der Waals surface area contributed by atoms with Crippen molar-refractivity contribution in [2.45, 2.75) is 45.1 Å². The topological polar surface area (TPSA) is 65.1 Å². The third-order valence-electron chi connectivity index (χ3n) is 5.87. The second kappa shape index (κ2) is 10.9. The number of nitrogens with zero attached hydrogens (tertiary/aromatic N) is 1. The molecule has 1 fully saturated rings. The van der Waals surface area contributed by atoms with Gasteiger partial charge in [-0.15, -0.1) is 0 Å². The molecule has 0 radical (unpaired) electrons. The van der Waals surface area contributed by atoms with Crippen molar-refractivity contribution in [3.63, 3.8) is 0 Å². The van der Waals surface area contributed by atoms with Gasteiger partial charge in [0.1, 0.15) is 17.2 Å². The van der Waals surface area contributed by atoms with Gasteiger partial charge in [-0.3, -0.25) is 9.69 Å². The number of methoxy groups -OCH3 is 1. The molecule has 4 rings (SSSR count). The second-order valence-corrected chi connectivity index (χ2v) is 8.31. The van der Waals surface area contributed by atoms with Crippen molar-refractivity contribution in [1.29, 1.82) is 0 Å². The Morgan fingerprint density at radius 3 is 2.00 bits per heavy atom. The van der Waals surface area contributed by atoms with E-state index >= 15 is 0 Å². The van der Waals surface area contributed by atoms with Crippen LogP contribution in [0.2, 0.25) is 0 Å². The molecular formula is C28H29NO5. The van der Waals surface area contributed by atoms with Crippen molar-refractivity contribution < 1.29 is 23.8 Å². The number of carbonyl (C=O) groups is 2. The number of carbonyl (C=O) groups excluding carboxylic acids is 2. The van der Waals surface area contributed by atoms with Crippen LogP contribution in [0.5, 0.6) is 17.2 Å². The highest BCUT2D eigenvalue weighted by Gasteiger charge is 2.21.